The third kappa shape index (κ3) is 26.6. The lowest BCUT2D eigenvalue weighted by Crippen LogP contribution is -1.84. The van der Waals surface area contributed by atoms with Gasteiger partial charge in [0.05, 0.1) is 0 Å². The minimum Gasteiger partial charge on any atom is -0.0845 e. The van der Waals surface area contributed by atoms with Gasteiger partial charge in [0.25, 0.3) is 0 Å². The average molecular weight is 477 g/mol. The summed E-state index contributed by atoms with van der Waals surface area (Å²) in [6, 6.07) is 0. The Morgan fingerprint density at radius 1 is 0.171 bits per heavy atom. The first kappa shape index (κ1) is 31.2. The maximum Gasteiger partial charge on any atom is -0.0348 e. The molecule has 0 aromatic rings. The van der Waals surface area contributed by atoms with E-state index in [1.54, 1.807) is 0 Å². The molecule has 196 valence electrons. The first-order valence-corrected chi connectivity index (χ1v) is 15.1. The van der Waals surface area contributed by atoms with E-state index < -0.39 is 0 Å². The molecular weight excluding hydrogens is 420 g/mol. The van der Waals surface area contributed by atoms with E-state index in [-0.39, 0.29) is 0 Å². The SMILES string of the molecule is C1=CC=CC=CC=CCCCCCCCCCCCCCCCCCCCCCC=CC=CC=C1. The van der Waals surface area contributed by atoms with Crippen molar-refractivity contribution in [1.82, 2.24) is 0 Å². The summed E-state index contributed by atoms with van der Waals surface area (Å²) in [4.78, 5) is 0. The van der Waals surface area contributed by atoms with Crippen molar-refractivity contribution in [1.29, 1.82) is 0 Å². The van der Waals surface area contributed by atoms with Gasteiger partial charge in [-0.15, -0.1) is 0 Å². The highest BCUT2D eigenvalue weighted by Gasteiger charge is 1.95. The lowest BCUT2D eigenvalue weighted by Gasteiger charge is -2.04. The summed E-state index contributed by atoms with van der Waals surface area (Å²) in [6.45, 7) is 0. The van der Waals surface area contributed by atoms with E-state index in [0.717, 1.165) is 0 Å². The van der Waals surface area contributed by atoms with Crippen LogP contribution in [0.5, 0.6) is 0 Å². The number of hydrogen-bond acceptors (Lipinski definition) is 0. The molecule has 0 N–H and O–H groups in total. The molecule has 0 amide bonds. The Morgan fingerprint density at radius 3 is 0.571 bits per heavy atom. The van der Waals surface area contributed by atoms with Gasteiger partial charge in [-0.25, -0.2) is 0 Å². The smallest absolute Gasteiger partial charge is 0.0348 e. The van der Waals surface area contributed by atoms with E-state index in [0.29, 0.717) is 0 Å². The normalized spacial score (nSPS) is 20.8. The van der Waals surface area contributed by atoms with Crippen LogP contribution in [0.15, 0.2) is 85.1 Å². The molecule has 0 saturated heterocycles. The highest BCUT2D eigenvalue weighted by Crippen LogP contribution is 2.15. The Bertz CT molecular complexity index is 568. The number of hydrogen-bond donors (Lipinski definition) is 0. The van der Waals surface area contributed by atoms with Crippen molar-refractivity contribution in [3.63, 3.8) is 0 Å². The summed E-state index contributed by atoms with van der Waals surface area (Å²) in [7, 11) is 0. The second kappa shape index (κ2) is 28.4. The number of rotatable bonds is 0. The Hall–Kier alpha value is -1.82. The summed E-state index contributed by atoms with van der Waals surface area (Å²) in [5.41, 5.74) is 0. The van der Waals surface area contributed by atoms with Crippen molar-refractivity contribution in [2.24, 2.45) is 0 Å². The van der Waals surface area contributed by atoms with E-state index in [2.05, 4.69) is 85.1 Å². The molecule has 0 unspecified atom stereocenters. The van der Waals surface area contributed by atoms with Crippen molar-refractivity contribution in [2.45, 2.75) is 135 Å². The van der Waals surface area contributed by atoms with Crippen LogP contribution in [0.3, 0.4) is 0 Å². The summed E-state index contributed by atoms with van der Waals surface area (Å²) in [6.07, 6.45) is 59.5. The van der Waals surface area contributed by atoms with Gasteiger partial charge >= 0.3 is 0 Å². The molecule has 0 aromatic heterocycles. The molecule has 35 heavy (non-hydrogen) atoms. The van der Waals surface area contributed by atoms with Crippen LogP contribution in [0.2, 0.25) is 0 Å². The second-order valence-corrected chi connectivity index (χ2v) is 10.1. The van der Waals surface area contributed by atoms with Crippen molar-refractivity contribution in [2.75, 3.05) is 0 Å². The summed E-state index contributed by atoms with van der Waals surface area (Å²) < 4.78 is 0. The van der Waals surface area contributed by atoms with Crippen LogP contribution < -0.4 is 0 Å². The summed E-state index contributed by atoms with van der Waals surface area (Å²) in [5, 5.41) is 0. The maximum atomic E-state index is 2.30. The van der Waals surface area contributed by atoms with Crippen LogP contribution in [0, 0.1) is 0 Å². The quantitative estimate of drug-likeness (QED) is 0.326. The van der Waals surface area contributed by atoms with Crippen LogP contribution in [0.25, 0.3) is 0 Å². The van der Waals surface area contributed by atoms with E-state index in [4.69, 9.17) is 0 Å². The molecule has 0 radical (unpaired) electrons. The Morgan fingerprint density at radius 2 is 0.343 bits per heavy atom. The molecule has 0 heteroatoms. The first-order valence-electron chi connectivity index (χ1n) is 15.1. The fraction of sp³-hybridized carbons (Fsp3) is 0.600. The molecule has 1 aliphatic carbocycles. The van der Waals surface area contributed by atoms with E-state index in [1.165, 1.54) is 135 Å². The van der Waals surface area contributed by atoms with Gasteiger partial charge in [-0.05, 0) is 25.7 Å². The standard InChI is InChI=1S/C35H56/c1-2-4-6-8-10-12-14-16-18-20-22-24-26-28-30-32-34-35-33-31-29-27-25-23-21-19-17-15-13-11-9-7-5-3-1/h1-14H,15-35H2. The van der Waals surface area contributed by atoms with E-state index in [9.17, 15) is 0 Å². The van der Waals surface area contributed by atoms with Crippen LogP contribution in [0.4, 0.5) is 0 Å². The third-order valence-electron chi connectivity index (χ3n) is 6.74. The molecule has 0 saturated carbocycles. The summed E-state index contributed by atoms with van der Waals surface area (Å²) in [5.74, 6) is 0. The monoisotopic (exact) mass is 476 g/mol. The molecular formula is C35H56. The van der Waals surface area contributed by atoms with Crippen molar-refractivity contribution in [3.8, 4) is 0 Å². The lowest BCUT2D eigenvalue weighted by atomic mass is 10.0. The minimum absolute atomic E-state index is 1.21. The Balaban J connectivity index is 2.24. The molecule has 0 aliphatic heterocycles. The Kier molecular flexibility index (Phi) is 25.3. The first-order chi connectivity index (χ1) is 17.5. The molecule has 1 rings (SSSR count). The molecule has 1 aliphatic rings. The Labute approximate surface area is 219 Å². The number of allylic oxidation sites excluding steroid dienone is 14. The summed E-state index contributed by atoms with van der Waals surface area (Å²) >= 11 is 0. The van der Waals surface area contributed by atoms with Crippen LogP contribution in [0.1, 0.15) is 135 Å². The van der Waals surface area contributed by atoms with Crippen LogP contribution in [-0.4, -0.2) is 0 Å². The van der Waals surface area contributed by atoms with E-state index >= 15 is 0 Å². The highest BCUT2D eigenvalue weighted by molar-refractivity contribution is 5.20. The predicted octanol–water partition coefficient (Wildman–Crippen LogP) is 12.1. The average Bonchev–Trinajstić information content (AvgIpc) is 2.87. The lowest BCUT2D eigenvalue weighted by molar-refractivity contribution is 0.522. The van der Waals surface area contributed by atoms with Gasteiger partial charge in [0.1, 0.15) is 0 Å². The van der Waals surface area contributed by atoms with Crippen molar-refractivity contribution < 1.29 is 0 Å². The molecule has 0 bridgehead atoms. The van der Waals surface area contributed by atoms with E-state index in [1.807, 2.05) is 0 Å². The van der Waals surface area contributed by atoms with Gasteiger partial charge in [-0.1, -0.05) is 194 Å². The molecule has 0 aromatic carbocycles. The van der Waals surface area contributed by atoms with Crippen molar-refractivity contribution >= 4 is 0 Å². The second-order valence-electron chi connectivity index (χ2n) is 10.1. The fourth-order valence-electron chi connectivity index (χ4n) is 4.52. The third-order valence-corrected chi connectivity index (χ3v) is 6.74. The molecule has 0 fully saturated rings. The van der Waals surface area contributed by atoms with Gasteiger partial charge < -0.3 is 0 Å². The molecule has 0 nitrogen and oxygen atoms in total. The maximum absolute atomic E-state index is 2.30. The van der Waals surface area contributed by atoms with Crippen molar-refractivity contribution in [3.05, 3.63) is 85.1 Å². The van der Waals surface area contributed by atoms with Gasteiger partial charge in [0.2, 0.25) is 0 Å². The van der Waals surface area contributed by atoms with Gasteiger partial charge in [-0.2, -0.15) is 0 Å². The van der Waals surface area contributed by atoms with Gasteiger partial charge in [0.15, 0.2) is 0 Å². The molecule has 0 spiro atoms. The van der Waals surface area contributed by atoms with Crippen LogP contribution in [-0.2, 0) is 0 Å². The zero-order valence-corrected chi connectivity index (χ0v) is 22.9. The highest BCUT2D eigenvalue weighted by atomic mass is 14.0. The zero-order valence-electron chi connectivity index (χ0n) is 22.9. The van der Waals surface area contributed by atoms with Gasteiger partial charge in [-0.3, -0.25) is 0 Å². The molecule has 0 heterocycles. The van der Waals surface area contributed by atoms with Gasteiger partial charge in [0, 0.05) is 0 Å². The topological polar surface area (TPSA) is 0 Å². The zero-order chi connectivity index (χ0) is 24.7. The van der Waals surface area contributed by atoms with Crippen LogP contribution >= 0.6 is 0 Å². The molecule has 0 atom stereocenters. The fourth-order valence-corrected chi connectivity index (χ4v) is 4.52. The minimum atomic E-state index is 1.21. The largest absolute Gasteiger partial charge is 0.0845 e. The predicted molar refractivity (Wildman–Crippen MR) is 161 cm³/mol.